The third-order valence-electron chi connectivity index (χ3n) is 2.69. The number of nitrogens with zero attached hydrogens (tertiary/aromatic N) is 5. The molecule has 0 bridgehead atoms. The standard InChI is InChI=1S/C11H16N6O/c1-10(16-7-4-12-9-16)11(18)13-3-2-6-17-8-5-14-15-17/h4-5,7-10H,2-3,6H2,1H3,(H,13,18)/t10-/m1/s1. The van der Waals surface area contributed by atoms with Crippen LogP contribution in [0.15, 0.2) is 31.1 Å². The van der Waals surface area contributed by atoms with Crippen molar-refractivity contribution in [2.75, 3.05) is 6.54 Å². The van der Waals surface area contributed by atoms with Gasteiger partial charge in [0.2, 0.25) is 5.91 Å². The first-order valence-corrected chi connectivity index (χ1v) is 5.86. The highest BCUT2D eigenvalue weighted by Crippen LogP contribution is 2.03. The van der Waals surface area contributed by atoms with Gasteiger partial charge in [0.25, 0.3) is 0 Å². The summed E-state index contributed by atoms with van der Waals surface area (Å²) in [6.45, 7) is 3.21. The number of hydrogen-bond donors (Lipinski definition) is 1. The maximum atomic E-state index is 11.8. The molecule has 0 unspecified atom stereocenters. The van der Waals surface area contributed by atoms with E-state index in [-0.39, 0.29) is 11.9 Å². The number of hydrogen-bond acceptors (Lipinski definition) is 4. The number of aromatic nitrogens is 5. The summed E-state index contributed by atoms with van der Waals surface area (Å²) < 4.78 is 3.51. The first-order chi connectivity index (χ1) is 8.77. The quantitative estimate of drug-likeness (QED) is 0.743. The molecule has 1 amide bonds. The average Bonchev–Trinajstić information content (AvgIpc) is 3.05. The van der Waals surface area contributed by atoms with Crippen LogP contribution in [0.2, 0.25) is 0 Å². The molecule has 0 saturated carbocycles. The van der Waals surface area contributed by atoms with Gasteiger partial charge in [-0.05, 0) is 13.3 Å². The highest BCUT2D eigenvalue weighted by atomic mass is 16.2. The third-order valence-corrected chi connectivity index (χ3v) is 2.69. The monoisotopic (exact) mass is 248 g/mol. The number of carbonyl (C=O) groups is 1. The lowest BCUT2D eigenvalue weighted by Crippen LogP contribution is -2.31. The van der Waals surface area contributed by atoms with Crippen LogP contribution < -0.4 is 5.32 Å². The minimum Gasteiger partial charge on any atom is -0.354 e. The van der Waals surface area contributed by atoms with Crippen molar-refractivity contribution in [1.29, 1.82) is 0 Å². The molecule has 96 valence electrons. The van der Waals surface area contributed by atoms with Crippen molar-refractivity contribution >= 4 is 5.91 Å². The molecule has 2 rings (SSSR count). The van der Waals surface area contributed by atoms with Gasteiger partial charge in [-0.2, -0.15) is 0 Å². The fourth-order valence-electron chi connectivity index (χ4n) is 1.59. The summed E-state index contributed by atoms with van der Waals surface area (Å²) in [5.74, 6) is -0.00779. The molecule has 2 heterocycles. The topological polar surface area (TPSA) is 77.6 Å². The molecule has 0 aromatic carbocycles. The van der Waals surface area contributed by atoms with E-state index in [9.17, 15) is 4.79 Å². The van der Waals surface area contributed by atoms with Crippen LogP contribution in [0.1, 0.15) is 19.4 Å². The van der Waals surface area contributed by atoms with E-state index in [1.54, 1.807) is 40.4 Å². The van der Waals surface area contributed by atoms with Crippen molar-refractivity contribution in [3.63, 3.8) is 0 Å². The minimum atomic E-state index is -0.237. The van der Waals surface area contributed by atoms with Crippen LogP contribution in [0.4, 0.5) is 0 Å². The van der Waals surface area contributed by atoms with Gasteiger partial charge in [0.15, 0.2) is 0 Å². The largest absolute Gasteiger partial charge is 0.354 e. The minimum absolute atomic E-state index is 0.00779. The van der Waals surface area contributed by atoms with Crippen LogP contribution in [0.3, 0.4) is 0 Å². The van der Waals surface area contributed by atoms with Gasteiger partial charge in [0, 0.05) is 31.7 Å². The summed E-state index contributed by atoms with van der Waals surface area (Å²) in [5, 5.41) is 10.4. The average molecular weight is 248 g/mol. The van der Waals surface area contributed by atoms with Crippen LogP contribution in [0.25, 0.3) is 0 Å². The van der Waals surface area contributed by atoms with Crippen LogP contribution in [0.5, 0.6) is 0 Å². The van der Waals surface area contributed by atoms with E-state index in [4.69, 9.17) is 0 Å². The van der Waals surface area contributed by atoms with Gasteiger partial charge in [-0.3, -0.25) is 9.48 Å². The second-order valence-corrected chi connectivity index (χ2v) is 4.00. The molecule has 0 aliphatic rings. The van der Waals surface area contributed by atoms with Gasteiger partial charge in [0.05, 0.1) is 12.5 Å². The van der Waals surface area contributed by atoms with Gasteiger partial charge in [0.1, 0.15) is 6.04 Å². The Morgan fingerprint density at radius 3 is 2.94 bits per heavy atom. The summed E-state index contributed by atoms with van der Waals surface area (Å²) in [5.41, 5.74) is 0. The van der Waals surface area contributed by atoms with E-state index in [1.807, 2.05) is 6.92 Å². The van der Waals surface area contributed by atoms with E-state index < -0.39 is 0 Å². The van der Waals surface area contributed by atoms with Crippen LogP contribution in [-0.2, 0) is 11.3 Å². The molecular formula is C11H16N6O. The Kier molecular flexibility index (Phi) is 4.06. The Hall–Kier alpha value is -2.18. The summed E-state index contributed by atoms with van der Waals surface area (Å²) in [7, 11) is 0. The molecule has 0 aliphatic heterocycles. The molecule has 2 aromatic rings. The molecule has 18 heavy (non-hydrogen) atoms. The van der Waals surface area contributed by atoms with Crippen molar-refractivity contribution in [2.24, 2.45) is 0 Å². The fraction of sp³-hybridized carbons (Fsp3) is 0.455. The molecule has 0 saturated heterocycles. The van der Waals surface area contributed by atoms with E-state index in [2.05, 4.69) is 20.6 Å². The fourth-order valence-corrected chi connectivity index (χ4v) is 1.59. The highest BCUT2D eigenvalue weighted by Gasteiger charge is 2.12. The SMILES string of the molecule is C[C@H](C(=O)NCCCn1ccnn1)n1ccnc1. The highest BCUT2D eigenvalue weighted by molar-refractivity contribution is 5.79. The maximum Gasteiger partial charge on any atom is 0.242 e. The first-order valence-electron chi connectivity index (χ1n) is 5.86. The Morgan fingerprint density at radius 1 is 1.39 bits per heavy atom. The zero-order valence-corrected chi connectivity index (χ0v) is 10.2. The Balaban J connectivity index is 1.69. The lowest BCUT2D eigenvalue weighted by molar-refractivity contribution is -0.123. The zero-order valence-electron chi connectivity index (χ0n) is 10.2. The first kappa shape index (κ1) is 12.3. The number of aryl methyl sites for hydroxylation is 1. The van der Waals surface area contributed by atoms with Gasteiger partial charge < -0.3 is 9.88 Å². The second-order valence-electron chi connectivity index (χ2n) is 4.00. The van der Waals surface area contributed by atoms with Crippen molar-refractivity contribution in [2.45, 2.75) is 25.9 Å². The van der Waals surface area contributed by atoms with E-state index in [0.717, 1.165) is 13.0 Å². The summed E-state index contributed by atoms with van der Waals surface area (Å²) in [6.07, 6.45) is 9.34. The Bertz CT molecular complexity index is 464. The van der Waals surface area contributed by atoms with E-state index in [0.29, 0.717) is 6.54 Å². The summed E-state index contributed by atoms with van der Waals surface area (Å²) in [6, 6.07) is -0.237. The van der Waals surface area contributed by atoms with Crippen molar-refractivity contribution < 1.29 is 4.79 Å². The Morgan fingerprint density at radius 2 is 2.28 bits per heavy atom. The number of rotatable bonds is 6. The van der Waals surface area contributed by atoms with Crippen molar-refractivity contribution in [1.82, 2.24) is 29.9 Å². The van der Waals surface area contributed by atoms with Crippen LogP contribution in [-0.4, -0.2) is 37.0 Å². The lowest BCUT2D eigenvalue weighted by atomic mass is 10.3. The second kappa shape index (κ2) is 5.95. The van der Waals surface area contributed by atoms with E-state index in [1.165, 1.54) is 0 Å². The van der Waals surface area contributed by atoms with Gasteiger partial charge in [-0.1, -0.05) is 5.21 Å². The number of nitrogens with one attached hydrogen (secondary N) is 1. The predicted octanol–water partition coefficient (Wildman–Crippen LogP) is 0.242. The van der Waals surface area contributed by atoms with E-state index >= 15 is 0 Å². The smallest absolute Gasteiger partial charge is 0.242 e. The normalized spacial score (nSPS) is 12.3. The summed E-state index contributed by atoms with van der Waals surface area (Å²) >= 11 is 0. The van der Waals surface area contributed by atoms with Crippen LogP contribution in [0, 0.1) is 0 Å². The maximum absolute atomic E-state index is 11.8. The molecule has 1 atom stereocenters. The van der Waals surface area contributed by atoms with Gasteiger partial charge in [-0.15, -0.1) is 5.10 Å². The predicted molar refractivity (Wildman–Crippen MR) is 64.6 cm³/mol. The van der Waals surface area contributed by atoms with Crippen LogP contribution >= 0.6 is 0 Å². The molecular weight excluding hydrogens is 232 g/mol. The summed E-state index contributed by atoms with van der Waals surface area (Å²) in [4.78, 5) is 15.7. The third kappa shape index (κ3) is 3.16. The van der Waals surface area contributed by atoms with Gasteiger partial charge >= 0.3 is 0 Å². The zero-order chi connectivity index (χ0) is 12.8. The molecule has 1 N–H and O–H groups in total. The van der Waals surface area contributed by atoms with Crippen molar-refractivity contribution in [3.05, 3.63) is 31.1 Å². The molecule has 7 heteroatoms. The molecule has 7 nitrogen and oxygen atoms in total. The van der Waals surface area contributed by atoms with Gasteiger partial charge in [-0.25, -0.2) is 4.98 Å². The molecule has 0 aliphatic carbocycles. The molecule has 2 aromatic heterocycles. The number of imidazole rings is 1. The Labute approximate surface area is 105 Å². The van der Waals surface area contributed by atoms with Crippen molar-refractivity contribution in [3.8, 4) is 0 Å². The molecule has 0 spiro atoms. The molecule has 0 radical (unpaired) electrons. The molecule has 0 fully saturated rings. The lowest BCUT2D eigenvalue weighted by Gasteiger charge is -2.13. The number of carbonyl (C=O) groups excluding carboxylic acids is 1. The number of amides is 1.